The van der Waals surface area contributed by atoms with E-state index in [9.17, 15) is 0 Å². The lowest BCUT2D eigenvalue weighted by Gasteiger charge is -2.17. The Morgan fingerprint density at radius 2 is 1.90 bits per heavy atom. The van der Waals surface area contributed by atoms with E-state index in [0.717, 1.165) is 42.4 Å². The zero-order valence-electron chi connectivity index (χ0n) is 12.2. The largest absolute Gasteiger partial charge is 0.370 e. The van der Waals surface area contributed by atoms with E-state index in [0.29, 0.717) is 5.92 Å². The van der Waals surface area contributed by atoms with E-state index in [1.54, 1.807) is 17.7 Å². The molecule has 2 aromatic heterocycles. The molecule has 0 radical (unpaired) electrons. The van der Waals surface area contributed by atoms with Crippen LogP contribution >= 0.6 is 11.3 Å². The van der Waals surface area contributed by atoms with E-state index in [1.807, 2.05) is 5.51 Å². The van der Waals surface area contributed by atoms with Gasteiger partial charge in [-0.25, -0.2) is 15.0 Å². The summed E-state index contributed by atoms with van der Waals surface area (Å²) in [5.74, 6) is 2.21. The van der Waals surface area contributed by atoms with Crippen molar-refractivity contribution < 1.29 is 0 Å². The number of nitrogens with one attached hydrogen (secondary N) is 2. The Labute approximate surface area is 123 Å². The smallest absolute Gasteiger partial charge is 0.134 e. The first-order valence-electron chi connectivity index (χ1n) is 6.92. The summed E-state index contributed by atoms with van der Waals surface area (Å²) < 4.78 is 0. The molecule has 0 aliphatic heterocycles. The van der Waals surface area contributed by atoms with Gasteiger partial charge in [0.05, 0.1) is 11.2 Å². The van der Waals surface area contributed by atoms with Crippen LogP contribution in [-0.2, 0) is 6.42 Å². The maximum Gasteiger partial charge on any atom is 0.134 e. The Morgan fingerprint density at radius 1 is 1.15 bits per heavy atom. The maximum atomic E-state index is 4.38. The molecule has 0 aliphatic carbocycles. The third-order valence-corrected chi connectivity index (χ3v) is 3.60. The molecule has 0 saturated carbocycles. The van der Waals surface area contributed by atoms with Crippen molar-refractivity contribution in [2.75, 3.05) is 23.7 Å². The number of hydrogen-bond donors (Lipinski definition) is 2. The Bertz CT molecular complexity index is 524. The highest BCUT2D eigenvalue weighted by Crippen LogP contribution is 2.28. The van der Waals surface area contributed by atoms with Crippen molar-refractivity contribution in [3.8, 4) is 0 Å². The van der Waals surface area contributed by atoms with Crippen LogP contribution in [0.15, 0.2) is 17.2 Å². The second kappa shape index (κ2) is 7.19. The molecule has 2 aromatic rings. The minimum atomic E-state index is 0.368. The maximum absolute atomic E-state index is 4.38. The third kappa shape index (κ3) is 3.66. The number of nitrogens with zero attached hydrogens (tertiary/aromatic N) is 3. The highest BCUT2D eigenvalue weighted by molar-refractivity contribution is 7.07. The number of anilines is 2. The summed E-state index contributed by atoms with van der Waals surface area (Å²) in [6, 6.07) is 0. The zero-order valence-corrected chi connectivity index (χ0v) is 13.0. The van der Waals surface area contributed by atoms with Gasteiger partial charge in [-0.05, 0) is 12.8 Å². The summed E-state index contributed by atoms with van der Waals surface area (Å²) in [4.78, 5) is 13.0. The molecule has 0 amide bonds. The molecule has 0 aromatic carbocycles. The normalized spacial score (nSPS) is 10.8. The molecule has 6 heteroatoms. The van der Waals surface area contributed by atoms with Gasteiger partial charge in [-0.1, -0.05) is 13.8 Å². The van der Waals surface area contributed by atoms with Gasteiger partial charge in [-0.15, -0.1) is 11.3 Å². The first kappa shape index (κ1) is 14.7. The molecule has 0 saturated heterocycles. The average molecular weight is 291 g/mol. The van der Waals surface area contributed by atoms with Gasteiger partial charge in [-0.2, -0.15) is 0 Å². The molecule has 0 bridgehead atoms. The average Bonchev–Trinajstić information content (AvgIpc) is 2.92. The molecule has 0 spiro atoms. The van der Waals surface area contributed by atoms with Crippen LogP contribution in [0.1, 0.15) is 37.9 Å². The molecular weight excluding hydrogens is 270 g/mol. The first-order valence-corrected chi connectivity index (χ1v) is 7.86. The molecule has 0 aliphatic rings. The number of hydrogen-bond acceptors (Lipinski definition) is 6. The van der Waals surface area contributed by atoms with Gasteiger partial charge in [0.2, 0.25) is 0 Å². The summed E-state index contributed by atoms with van der Waals surface area (Å²) in [7, 11) is 0. The van der Waals surface area contributed by atoms with Gasteiger partial charge in [0.15, 0.2) is 0 Å². The van der Waals surface area contributed by atoms with Gasteiger partial charge < -0.3 is 10.6 Å². The van der Waals surface area contributed by atoms with E-state index < -0.39 is 0 Å². The predicted molar refractivity (Wildman–Crippen MR) is 84.6 cm³/mol. The predicted octanol–water partition coefficient (Wildman–Crippen LogP) is 3.14. The molecule has 0 fully saturated rings. The van der Waals surface area contributed by atoms with Crippen molar-refractivity contribution in [1.82, 2.24) is 15.0 Å². The SMILES string of the molecule is CCNc1ncnc(NCCc2cscn2)c1C(C)C. The second-order valence-electron chi connectivity index (χ2n) is 4.83. The molecular formula is C14H21N5S. The Kier molecular flexibility index (Phi) is 5.29. The molecule has 5 nitrogen and oxygen atoms in total. The highest BCUT2D eigenvalue weighted by Gasteiger charge is 2.14. The van der Waals surface area contributed by atoms with Crippen molar-refractivity contribution in [2.24, 2.45) is 0 Å². The van der Waals surface area contributed by atoms with Crippen LogP contribution < -0.4 is 10.6 Å². The summed E-state index contributed by atoms with van der Waals surface area (Å²) >= 11 is 1.63. The Balaban J connectivity index is 2.07. The lowest BCUT2D eigenvalue weighted by molar-refractivity contribution is 0.841. The van der Waals surface area contributed by atoms with Crippen molar-refractivity contribution in [3.63, 3.8) is 0 Å². The van der Waals surface area contributed by atoms with Crippen molar-refractivity contribution in [1.29, 1.82) is 0 Å². The molecule has 2 rings (SSSR count). The fourth-order valence-corrected chi connectivity index (χ4v) is 2.65. The summed E-state index contributed by atoms with van der Waals surface area (Å²) in [5.41, 5.74) is 4.13. The Hall–Kier alpha value is -1.69. The van der Waals surface area contributed by atoms with E-state index >= 15 is 0 Å². The minimum Gasteiger partial charge on any atom is -0.370 e. The van der Waals surface area contributed by atoms with Gasteiger partial charge in [-0.3, -0.25) is 0 Å². The standard InChI is InChI=1S/C14H21N5S/c1-4-15-13-12(10(2)3)14(18-8-17-13)16-6-5-11-7-20-9-19-11/h7-10H,4-6H2,1-3H3,(H2,15,16,17,18). The second-order valence-corrected chi connectivity index (χ2v) is 5.54. The first-order chi connectivity index (χ1) is 9.72. The molecule has 20 heavy (non-hydrogen) atoms. The van der Waals surface area contributed by atoms with Crippen LogP contribution in [0.2, 0.25) is 0 Å². The topological polar surface area (TPSA) is 62.7 Å². The Morgan fingerprint density at radius 3 is 2.50 bits per heavy atom. The molecule has 2 heterocycles. The molecule has 2 N–H and O–H groups in total. The summed E-state index contributed by atoms with van der Waals surface area (Å²) in [5, 5.41) is 8.78. The van der Waals surface area contributed by atoms with E-state index in [1.165, 1.54) is 0 Å². The molecule has 0 atom stereocenters. The van der Waals surface area contributed by atoms with Crippen LogP contribution in [0.3, 0.4) is 0 Å². The lowest BCUT2D eigenvalue weighted by atomic mass is 10.0. The lowest BCUT2D eigenvalue weighted by Crippen LogP contribution is -2.13. The van der Waals surface area contributed by atoms with Gasteiger partial charge in [0.1, 0.15) is 18.0 Å². The monoisotopic (exact) mass is 291 g/mol. The van der Waals surface area contributed by atoms with Crippen molar-refractivity contribution in [2.45, 2.75) is 33.1 Å². The summed E-state index contributed by atoms with van der Waals surface area (Å²) in [6.45, 7) is 8.07. The highest BCUT2D eigenvalue weighted by atomic mass is 32.1. The van der Waals surface area contributed by atoms with Crippen molar-refractivity contribution >= 4 is 23.0 Å². The van der Waals surface area contributed by atoms with Crippen LogP contribution in [0, 0.1) is 0 Å². The fourth-order valence-electron chi connectivity index (χ4n) is 2.06. The van der Waals surface area contributed by atoms with Gasteiger partial charge in [0, 0.05) is 30.5 Å². The third-order valence-electron chi connectivity index (χ3n) is 2.96. The number of aromatic nitrogens is 3. The van der Waals surface area contributed by atoms with Crippen LogP contribution in [0.5, 0.6) is 0 Å². The van der Waals surface area contributed by atoms with Gasteiger partial charge in [0.25, 0.3) is 0 Å². The van der Waals surface area contributed by atoms with E-state index in [2.05, 4.69) is 51.7 Å². The molecule has 0 unspecified atom stereocenters. The minimum absolute atomic E-state index is 0.368. The number of rotatable bonds is 7. The quantitative estimate of drug-likeness (QED) is 0.820. The zero-order chi connectivity index (χ0) is 14.4. The van der Waals surface area contributed by atoms with Crippen molar-refractivity contribution in [3.05, 3.63) is 28.5 Å². The molecule has 108 valence electrons. The van der Waals surface area contributed by atoms with Crippen LogP contribution in [0.25, 0.3) is 0 Å². The van der Waals surface area contributed by atoms with E-state index in [-0.39, 0.29) is 0 Å². The fraction of sp³-hybridized carbons (Fsp3) is 0.500. The number of thiazole rings is 1. The van der Waals surface area contributed by atoms with Crippen LogP contribution in [-0.4, -0.2) is 28.0 Å². The van der Waals surface area contributed by atoms with Gasteiger partial charge >= 0.3 is 0 Å². The van der Waals surface area contributed by atoms with Crippen LogP contribution in [0.4, 0.5) is 11.6 Å². The van der Waals surface area contributed by atoms with E-state index in [4.69, 9.17) is 0 Å². The summed E-state index contributed by atoms with van der Waals surface area (Å²) in [6.07, 6.45) is 2.51.